The summed E-state index contributed by atoms with van der Waals surface area (Å²) in [7, 11) is 3.19. The van der Waals surface area contributed by atoms with Gasteiger partial charge in [0, 0.05) is 18.6 Å². The van der Waals surface area contributed by atoms with Gasteiger partial charge in [-0.15, -0.1) is 0 Å². The zero-order valence-corrected chi connectivity index (χ0v) is 13.8. The maximum atomic E-state index is 10.8. The number of benzene rings is 1. The maximum Gasteiger partial charge on any atom is 0.243 e. The second-order valence-corrected chi connectivity index (χ2v) is 5.26. The van der Waals surface area contributed by atoms with E-state index in [-0.39, 0.29) is 5.70 Å². The van der Waals surface area contributed by atoms with E-state index in [4.69, 9.17) is 9.47 Å². The fourth-order valence-corrected chi connectivity index (χ4v) is 2.31. The van der Waals surface area contributed by atoms with Crippen molar-refractivity contribution in [1.29, 1.82) is 0 Å². The highest BCUT2D eigenvalue weighted by Crippen LogP contribution is 2.31. The Morgan fingerprint density at radius 3 is 2.41 bits per heavy atom. The second kappa shape index (κ2) is 9.07. The fraction of sp³-hybridized carbons (Fsp3) is 0.529. The SMILES string of the molecule is CCCCCCc1cc(OC)c(/C=C(\C)[N+](=O)[O-])cc1OC. The minimum atomic E-state index is -0.412. The van der Waals surface area contributed by atoms with Crippen LogP contribution in [0.1, 0.15) is 50.7 Å². The maximum absolute atomic E-state index is 10.8. The topological polar surface area (TPSA) is 61.6 Å². The first-order valence-corrected chi connectivity index (χ1v) is 7.61. The summed E-state index contributed by atoms with van der Waals surface area (Å²) in [5.74, 6) is 1.38. The molecule has 1 aromatic rings. The molecule has 0 atom stereocenters. The molecule has 0 spiro atoms. The zero-order valence-electron chi connectivity index (χ0n) is 13.8. The largest absolute Gasteiger partial charge is 0.496 e. The van der Waals surface area contributed by atoms with Crippen LogP contribution in [-0.4, -0.2) is 19.1 Å². The Balaban J connectivity index is 3.06. The van der Waals surface area contributed by atoms with E-state index in [9.17, 15) is 10.1 Å². The molecule has 0 aliphatic rings. The number of methoxy groups -OCH3 is 2. The molecule has 0 saturated carbocycles. The van der Waals surface area contributed by atoms with Crippen LogP contribution < -0.4 is 9.47 Å². The molecule has 0 amide bonds. The number of nitro groups is 1. The van der Waals surface area contributed by atoms with Crippen molar-refractivity contribution in [2.24, 2.45) is 0 Å². The summed E-state index contributed by atoms with van der Waals surface area (Å²) < 4.78 is 10.8. The van der Waals surface area contributed by atoms with Gasteiger partial charge in [-0.1, -0.05) is 26.2 Å². The van der Waals surface area contributed by atoms with Crippen LogP contribution in [-0.2, 0) is 6.42 Å². The molecule has 0 bridgehead atoms. The van der Waals surface area contributed by atoms with Gasteiger partial charge in [-0.3, -0.25) is 10.1 Å². The number of allylic oxidation sites excluding steroid dienone is 1. The Morgan fingerprint density at radius 2 is 1.86 bits per heavy atom. The van der Waals surface area contributed by atoms with E-state index in [0.29, 0.717) is 11.3 Å². The molecule has 0 saturated heterocycles. The normalized spacial score (nSPS) is 11.4. The number of unbranched alkanes of at least 4 members (excludes halogenated alkanes) is 3. The molecule has 0 radical (unpaired) electrons. The third-order valence-electron chi connectivity index (χ3n) is 3.58. The van der Waals surface area contributed by atoms with Gasteiger partial charge < -0.3 is 9.47 Å². The van der Waals surface area contributed by atoms with Gasteiger partial charge in [-0.25, -0.2) is 0 Å². The highest BCUT2D eigenvalue weighted by Gasteiger charge is 2.12. The average molecular weight is 307 g/mol. The molecule has 5 heteroatoms. The number of hydrogen-bond donors (Lipinski definition) is 0. The minimum absolute atomic E-state index is 0.0658. The molecule has 0 heterocycles. The highest BCUT2D eigenvalue weighted by molar-refractivity contribution is 5.62. The lowest BCUT2D eigenvalue weighted by Crippen LogP contribution is -1.98. The number of hydrogen-bond acceptors (Lipinski definition) is 4. The summed E-state index contributed by atoms with van der Waals surface area (Å²) in [4.78, 5) is 10.4. The first-order chi connectivity index (χ1) is 10.5. The Hall–Kier alpha value is -2.04. The van der Waals surface area contributed by atoms with Crippen LogP contribution >= 0.6 is 0 Å². The molecule has 1 rings (SSSR count). The summed E-state index contributed by atoms with van der Waals surface area (Å²) in [5.41, 5.74) is 1.80. The Labute approximate surface area is 132 Å². The third-order valence-corrected chi connectivity index (χ3v) is 3.58. The van der Waals surface area contributed by atoms with Crippen LogP contribution in [0.4, 0.5) is 0 Å². The van der Waals surface area contributed by atoms with Gasteiger partial charge in [0.25, 0.3) is 0 Å². The smallest absolute Gasteiger partial charge is 0.243 e. The molecule has 0 aliphatic heterocycles. The van der Waals surface area contributed by atoms with Gasteiger partial charge in [0.1, 0.15) is 11.5 Å². The molecule has 0 N–H and O–H groups in total. The van der Waals surface area contributed by atoms with Crippen LogP contribution in [0.5, 0.6) is 11.5 Å². The van der Waals surface area contributed by atoms with Crippen molar-refractivity contribution in [1.82, 2.24) is 0 Å². The first kappa shape index (κ1) is 18.0. The lowest BCUT2D eigenvalue weighted by atomic mass is 10.0. The van der Waals surface area contributed by atoms with Crippen LogP contribution in [0.2, 0.25) is 0 Å². The molecule has 0 aliphatic carbocycles. The quantitative estimate of drug-likeness (QED) is 0.384. The summed E-state index contributed by atoms with van der Waals surface area (Å²) in [6, 6.07) is 3.73. The van der Waals surface area contributed by atoms with Crippen LogP contribution in [0, 0.1) is 10.1 Å². The van der Waals surface area contributed by atoms with Gasteiger partial charge in [-0.2, -0.15) is 0 Å². The van der Waals surface area contributed by atoms with E-state index in [2.05, 4.69) is 6.92 Å². The van der Waals surface area contributed by atoms with Crippen molar-refractivity contribution in [3.63, 3.8) is 0 Å². The average Bonchev–Trinajstić information content (AvgIpc) is 2.51. The molecule has 22 heavy (non-hydrogen) atoms. The molecular weight excluding hydrogens is 282 g/mol. The Bertz CT molecular complexity index is 538. The first-order valence-electron chi connectivity index (χ1n) is 7.61. The predicted octanol–water partition coefficient (Wildman–Crippen LogP) is 4.46. The van der Waals surface area contributed by atoms with E-state index < -0.39 is 4.92 Å². The molecule has 5 nitrogen and oxygen atoms in total. The van der Waals surface area contributed by atoms with Crippen LogP contribution in [0.25, 0.3) is 6.08 Å². The van der Waals surface area contributed by atoms with Crippen molar-refractivity contribution in [2.75, 3.05) is 14.2 Å². The highest BCUT2D eigenvalue weighted by atomic mass is 16.6. The van der Waals surface area contributed by atoms with E-state index in [1.807, 2.05) is 6.07 Å². The second-order valence-electron chi connectivity index (χ2n) is 5.26. The number of ether oxygens (including phenoxy) is 2. The summed E-state index contributed by atoms with van der Waals surface area (Å²) in [5, 5.41) is 10.8. The fourth-order valence-electron chi connectivity index (χ4n) is 2.31. The van der Waals surface area contributed by atoms with E-state index in [1.54, 1.807) is 20.3 Å². The molecule has 0 unspecified atom stereocenters. The number of rotatable bonds is 9. The van der Waals surface area contributed by atoms with Crippen molar-refractivity contribution in [3.8, 4) is 11.5 Å². The van der Waals surface area contributed by atoms with Crippen molar-refractivity contribution < 1.29 is 14.4 Å². The minimum Gasteiger partial charge on any atom is -0.496 e. The lowest BCUT2D eigenvalue weighted by molar-refractivity contribution is -0.422. The predicted molar refractivity (Wildman–Crippen MR) is 88.0 cm³/mol. The van der Waals surface area contributed by atoms with Crippen molar-refractivity contribution in [2.45, 2.75) is 46.0 Å². The Morgan fingerprint density at radius 1 is 1.18 bits per heavy atom. The summed E-state index contributed by atoms with van der Waals surface area (Å²) in [6.07, 6.45) is 7.12. The third kappa shape index (κ3) is 5.06. The molecule has 0 fully saturated rings. The van der Waals surface area contributed by atoms with Crippen molar-refractivity contribution >= 4 is 6.08 Å². The standard InChI is InChI=1S/C17H25NO4/c1-5-6-7-8-9-14-11-17(22-4)15(12-16(14)21-3)10-13(2)18(19)20/h10-12H,5-9H2,1-4H3/b13-10+. The molecular formula is C17H25NO4. The summed E-state index contributed by atoms with van der Waals surface area (Å²) >= 11 is 0. The van der Waals surface area contributed by atoms with Gasteiger partial charge >= 0.3 is 0 Å². The van der Waals surface area contributed by atoms with Crippen molar-refractivity contribution in [3.05, 3.63) is 39.1 Å². The van der Waals surface area contributed by atoms with E-state index in [0.717, 1.165) is 24.2 Å². The van der Waals surface area contributed by atoms with Gasteiger partial charge in [0.15, 0.2) is 0 Å². The monoisotopic (exact) mass is 307 g/mol. The van der Waals surface area contributed by atoms with E-state index >= 15 is 0 Å². The van der Waals surface area contributed by atoms with E-state index in [1.165, 1.54) is 32.3 Å². The van der Waals surface area contributed by atoms with Crippen LogP contribution in [0.15, 0.2) is 17.8 Å². The van der Waals surface area contributed by atoms with Crippen LogP contribution in [0.3, 0.4) is 0 Å². The number of aryl methyl sites for hydroxylation is 1. The van der Waals surface area contributed by atoms with Gasteiger partial charge in [-0.05, 0) is 30.5 Å². The van der Waals surface area contributed by atoms with Gasteiger partial charge in [0.2, 0.25) is 5.70 Å². The summed E-state index contributed by atoms with van der Waals surface area (Å²) in [6.45, 7) is 3.65. The molecule has 1 aromatic carbocycles. The van der Waals surface area contributed by atoms with Gasteiger partial charge in [0.05, 0.1) is 19.1 Å². The molecule has 0 aromatic heterocycles. The zero-order chi connectivity index (χ0) is 16.5. The lowest BCUT2D eigenvalue weighted by Gasteiger charge is -2.13. The molecule has 122 valence electrons. The number of nitrogens with zero attached hydrogens (tertiary/aromatic N) is 1. The Kier molecular flexibility index (Phi) is 7.43.